The van der Waals surface area contributed by atoms with Gasteiger partial charge in [0, 0.05) is 12.1 Å². The summed E-state index contributed by atoms with van der Waals surface area (Å²) in [6.07, 6.45) is 4.69. The minimum absolute atomic E-state index is 0.0835. The number of hydrogen-bond acceptors (Lipinski definition) is 4. The van der Waals surface area contributed by atoms with Crippen LogP contribution in [0.15, 0.2) is 39.7 Å². The number of carbonyl (C=O) groups is 1. The van der Waals surface area contributed by atoms with Crippen LogP contribution in [0.2, 0.25) is 0 Å². The first kappa shape index (κ1) is 18.0. The maximum Gasteiger partial charge on any atom is 0.267 e. The van der Waals surface area contributed by atoms with E-state index >= 15 is 0 Å². The monoisotopic (exact) mass is 331 g/mol. The number of rotatable bonds is 8. The molecule has 1 atom stereocenters. The molecule has 0 aliphatic carbocycles. The minimum Gasteiger partial charge on any atom is -0.463 e. The number of amides is 1. The van der Waals surface area contributed by atoms with Gasteiger partial charge in [-0.2, -0.15) is 5.10 Å². The van der Waals surface area contributed by atoms with Crippen molar-refractivity contribution in [2.45, 2.75) is 52.6 Å². The highest BCUT2D eigenvalue weighted by Crippen LogP contribution is 2.15. The highest BCUT2D eigenvalue weighted by atomic mass is 16.3. The zero-order valence-corrected chi connectivity index (χ0v) is 14.5. The first-order valence-corrected chi connectivity index (χ1v) is 8.37. The maximum absolute atomic E-state index is 12.1. The lowest BCUT2D eigenvalue weighted by molar-refractivity contribution is -0.122. The molecule has 130 valence electrons. The molecule has 1 N–H and O–H groups in total. The van der Waals surface area contributed by atoms with Crippen LogP contribution in [0.1, 0.15) is 40.0 Å². The van der Waals surface area contributed by atoms with Gasteiger partial charge in [0.2, 0.25) is 5.91 Å². The maximum atomic E-state index is 12.1. The molecule has 0 saturated carbocycles. The van der Waals surface area contributed by atoms with E-state index in [1.165, 1.54) is 12.3 Å². The van der Waals surface area contributed by atoms with Crippen molar-refractivity contribution in [1.29, 1.82) is 0 Å². The molecule has 2 aromatic heterocycles. The Bertz CT molecular complexity index is 705. The zero-order valence-electron chi connectivity index (χ0n) is 14.5. The normalized spacial score (nSPS) is 12.3. The van der Waals surface area contributed by atoms with E-state index in [1.807, 2.05) is 6.92 Å². The summed E-state index contributed by atoms with van der Waals surface area (Å²) in [5, 5.41) is 7.12. The summed E-state index contributed by atoms with van der Waals surface area (Å²) in [7, 11) is 0. The van der Waals surface area contributed by atoms with E-state index in [2.05, 4.69) is 24.3 Å². The van der Waals surface area contributed by atoms with Gasteiger partial charge in [0.25, 0.3) is 5.56 Å². The van der Waals surface area contributed by atoms with E-state index in [4.69, 9.17) is 4.42 Å². The fourth-order valence-electron chi connectivity index (χ4n) is 2.48. The third kappa shape index (κ3) is 5.37. The van der Waals surface area contributed by atoms with Crippen LogP contribution in [0.25, 0.3) is 11.5 Å². The summed E-state index contributed by atoms with van der Waals surface area (Å²) < 4.78 is 6.43. The van der Waals surface area contributed by atoms with Gasteiger partial charge in [0.15, 0.2) is 5.76 Å². The number of nitrogens with zero attached hydrogens (tertiary/aromatic N) is 2. The van der Waals surface area contributed by atoms with Crippen LogP contribution < -0.4 is 10.9 Å². The molecular formula is C18H25N3O3. The summed E-state index contributed by atoms with van der Waals surface area (Å²) in [4.78, 5) is 24.0. The second-order valence-electron chi connectivity index (χ2n) is 6.49. The Hall–Kier alpha value is -2.37. The van der Waals surface area contributed by atoms with E-state index in [0.29, 0.717) is 17.4 Å². The van der Waals surface area contributed by atoms with Crippen molar-refractivity contribution in [1.82, 2.24) is 15.1 Å². The molecule has 0 fully saturated rings. The van der Waals surface area contributed by atoms with Gasteiger partial charge in [0.05, 0.1) is 6.26 Å². The largest absolute Gasteiger partial charge is 0.463 e. The number of hydrogen-bond donors (Lipinski definition) is 1. The van der Waals surface area contributed by atoms with E-state index < -0.39 is 0 Å². The van der Waals surface area contributed by atoms with Crippen LogP contribution in [0, 0.1) is 5.92 Å². The van der Waals surface area contributed by atoms with Gasteiger partial charge >= 0.3 is 0 Å². The molecule has 0 saturated heterocycles. The lowest BCUT2D eigenvalue weighted by atomic mass is 10.0. The van der Waals surface area contributed by atoms with E-state index in [1.54, 1.807) is 18.2 Å². The SMILES string of the molecule is CC(C)CCC[C@H](C)NC(=O)Cn1nc(-c2ccco2)ccc1=O. The van der Waals surface area contributed by atoms with Crippen LogP contribution in [0.3, 0.4) is 0 Å². The molecule has 0 unspecified atom stereocenters. The smallest absolute Gasteiger partial charge is 0.267 e. The number of furan rings is 1. The van der Waals surface area contributed by atoms with E-state index in [0.717, 1.165) is 23.9 Å². The van der Waals surface area contributed by atoms with Crippen LogP contribution >= 0.6 is 0 Å². The molecule has 1 amide bonds. The van der Waals surface area contributed by atoms with Crippen molar-refractivity contribution in [2.75, 3.05) is 0 Å². The molecule has 24 heavy (non-hydrogen) atoms. The van der Waals surface area contributed by atoms with Gasteiger partial charge in [-0.25, -0.2) is 4.68 Å². The second kappa shape index (κ2) is 8.47. The van der Waals surface area contributed by atoms with E-state index in [9.17, 15) is 9.59 Å². The predicted molar refractivity (Wildman–Crippen MR) is 92.5 cm³/mol. The standard InChI is InChI=1S/C18H25N3O3/c1-13(2)6-4-7-14(3)19-17(22)12-21-18(23)10-9-15(20-21)16-8-5-11-24-16/h5,8-11,13-14H,4,6-7,12H2,1-3H3,(H,19,22)/t14-/m0/s1. The van der Waals surface area contributed by atoms with Crippen molar-refractivity contribution < 1.29 is 9.21 Å². The fraction of sp³-hybridized carbons (Fsp3) is 0.500. The minimum atomic E-state index is -0.312. The first-order valence-electron chi connectivity index (χ1n) is 8.37. The summed E-state index contributed by atoms with van der Waals surface area (Å²) in [5.41, 5.74) is 0.213. The Kier molecular flexibility index (Phi) is 6.35. The molecule has 0 aliphatic heterocycles. The number of aromatic nitrogens is 2. The van der Waals surface area contributed by atoms with Gasteiger partial charge in [0.1, 0.15) is 12.2 Å². The van der Waals surface area contributed by atoms with Crippen LogP contribution in [0.4, 0.5) is 0 Å². The summed E-state index contributed by atoms with van der Waals surface area (Å²) in [6, 6.07) is 6.57. The van der Waals surface area contributed by atoms with Crippen molar-refractivity contribution in [3.63, 3.8) is 0 Å². The van der Waals surface area contributed by atoms with Crippen molar-refractivity contribution >= 4 is 5.91 Å². The molecule has 6 heteroatoms. The molecule has 0 bridgehead atoms. The van der Waals surface area contributed by atoms with Gasteiger partial charge in [-0.15, -0.1) is 0 Å². The lowest BCUT2D eigenvalue weighted by Crippen LogP contribution is -2.38. The van der Waals surface area contributed by atoms with Gasteiger partial charge in [-0.1, -0.05) is 26.7 Å². The molecule has 0 aromatic carbocycles. The second-order valence-corrected chi connectivity index (χ2v) is 6.49. The third-order valence-corrected chi connectivity index (χ3v) is 3.76. The predicted octanol–water partition coefficient (Wildman–Crippen LogP) is 2.83. The first-order chi connectivity index (χ1) is 11.5. The average molecular weight is 331 g/mol. The van der Waals surface area contributed by atoms with Gasteiger partial charge in [-0.3, -0.25) is 9.59 Å². The molecule has 0 spiro atoms. The molecule has 2 aromatic rings. The molecule has 0 radical (unpaired) electrons. The van der Waals surface area contributed by atoms with E-state index in [-0.39, 0.29) is 24.1 Å². The zero-order chi connectivity index (χ0) is 17.5. The molecule has 2 rings (SSSR count). The molecule has 6 nitrogen and oxygen atoms in total. The molecular weight excluding hydrogens is 306 g/mol. The van der Waals surface area contributed by atoms with Crippen molar-refractivity contribution in [2.24, 2.45) is 5.92 Å². The van der Waals surface area contributed by atoms with Gasteiger partial charge < -0.3 is 9.73 Å². The highest BCUT2D eigenvalue weighted by Gasteiger charge is 2.11. The number of nitrogens with one attached hydrogen (secondary N) is 1. The fourth-order valence-corrected chi connectivity index (χ4v) is 2.48. The highest BCUT2D eigenvalue weighted by molar-refractivity contribution is 5.75. The van der Waals surface area contributed by atoms with Crippen molar-refractivity contribution in [3.05, 3.63) is 40.9 Å². The topological polar surface area (TPSA) is 77.1 Å². The summed E-state index contributed by atoms with van der Waals surface area (Å²) in [5.74, 6) is 1.02. The number of carbonyl (C=O) groups excluding carboxylic acids is 1. The van der Waals surface area contributed by atoms with Crippen molar-refractivity contribution in [3.8, 4) is 11.5 Å². The Morgan fingerprint density at radius 2 is 2.04 bits per heavy atom. The summed E-state index contributed by atoms with van der Waals surface area (Å²) >= 11 is 0. The average Bonchev–Trinajstić information content (AvgIpc) is 3.03. The van der Waals surface area contributed by atoms with Crippen LogP contribution in [-0.4, -0.2) is 21.7 Å². The Labute approximate surface area is 141 Å². The van der Waals surface area contributed by atoms with Crippen LogP contribution in [-0.2, 0) is 11.3 Å². The third-order valence-electron chi connectivity index (χ3n) is 3.76. The Morgan fingerprint density at radius 1 is 1.25 bits per heavy atom. The van der Waals surface area contributed by atoms with Crippen LogP contribution in [0.5, 0.6) is 0 Å². The quantitative estimate of drug-likeness (QED) is 0.807. The molecule has 2 heterocycles. The molecule has 0 aliphatic rings. The summed E-state index contributed by atoms with van der Waals surface area (Å²) in [6.45, 7) is 6.26. The van der Waals surface area contributed by atoms with Gasteiger partial charge in [-0.05, 0) is 37.5 Å². The Balaban J connectivity index is 1.94. The Morgan fingerprint density at radius 3 is 2.71 bits per heavy atom. The lowest BCUT2D eigenvalue weighted by Gasteiger charge is -2.15.